The zero-order valence-electron chi connectivity index (χ0n) is 18.5. The Morgan fingerprint density at radius 1 is 1.00 bits per heavy atom. The number of benzene rings is 2. The number of carbonyl (C=O) groups is 3. The molecule has 1 aliphatic heterocycles. The predicted molar refractivity (Wildman–Crippen MR) is 123 cm³/mol. The fraction of sp³-hybridized carbons (Fsp3) is 0.292. The maximum atomic E-state index is 12.7. The first-order valence-electron chi connectivity index (χ1n) is 10.6. The predicted octanol–water partition coefficient (Wildman–Crippen LogP) is 4.64. The van der Waals surface area contributed by atoms with Crippen molar-refractivity contribution in [1.29, 1.82) is 0 Å². The van der Waals surface area contributed by atoms with Crippen molar-refractivity contribution in [2.45, 2.75) is 33.2 Å². The van der Waals surface area contributed by atoms with Crippen LogP contribution in [0.3, 0.4) is 0 Å². The molecule has 3 N–H and O–H groups in total. The van der Waals surface area contributed by atoms with E-state index in [1.807, 2.05) is 25.1 Å². The zero-order chi connectivity index (χ0) is 23.1. The molecule has 0 aromatic heterocycles. The summed E-state index contributed by atoms with van der Waals surface area (Å²) in [5.74, 6) is -0.458. The number of hydrogen-bond donors (Lipinski definition) is 3. The molecule has 32 heavy (non-hydrogen) atoms. The van der Waals surface area contributed by atoms with E-state index in [0.717, 1.165) is 6.42 Å². The minimum Gasteiger partial charge on any atom is -0.463 e. The topological polar surface area (TPSA) is 99.8 Å². The summed E-state index contributed by atoms with van der Waals surface area (Å²) >= 11 is 0. The SMILES string of the molecule is CCCN1C(=O)NC(c2ccc(NC(=O)Nc3ccccc3)cc2)C(C(=O)OCC)=C1C. The van der Waals surface area contributed by atoms with Gasteiger partial charge in [0.05, 0.1) is 18.2 Å². The van der Waals surface area contributed by atoms with Crippen LogP contribution >= 0.6 is 0 Å². The van der Waals surface area contributed by atoms with Crippen LogP contribution in [0.1, 0.15) is 38.8 Å². The van der Waals surface area contributed by atoms with Gasteiger partial charge in [-0.25, -0.2) is 14.4 Å². The number of allylic oxidation sites excluding steroid dienone is 1. The zero-order valence-corrected chi connectivity index (χ0v) is 18.5. The van der Waals surface area contributed by atoms with Crippen molar-refractivity contribution in [2.24, 2.45) is 0 Å². The Labute approximate surface area is 187 Å². The average Bonchev–Trinajstić information content (AvgIpc) is 2.77. The highest BCUT2D eigenvalue weighted by molar-refractivity contribution is 5.99. The molecule has 0 bridgehead atoms. The second-order valence-electron chi connectivity index (χ2n) is 7.32. The summed E-state index contributed by atoms with van der Waals surface area (Å²) in [5.41, 5.74) is 2.97. The molecule has 1 aliphatic rings. The minimum absolute atomic E-state index is 0.240. The molecular formula is C24H28N4O4. The Balaban J connectivity index is 1.80. The van der Waals surface area contributed by atoms with Crippen LogP contribution in [-0.4, -0.2) is 36.1 Å². The Morgan fingerprint density at radius 3 is 2.22 bits per heavy atom. The van der Waals surface area contributed by atoms with E-state index in [1.165, 1.54) is 0 Å². The van der Waals surface area contributed by atoms with Crippen molar-refractivity contribution in [3.8, 4) is 0 Å². The van der Waals surface area contributed by atoms with E-state index < -0.39 is 12.0 Å². The summed E-state index contributed by atoms with van der Waals surface area (Å²) in [6.07, 6.45) is 0.761. The van der Waals surface area contributed by atoms with Crippen LogP contribution in [0.15, 0.2) is 65.9 Å². The Morgan fingerprint density at radius 2 is 1.62 bits per heavy atom. The molecule has 8 heteroatoms. The summed E-state index contributed by atoms with van der Waals surface area (Å²) in [4.78, 5) is 39.1. The number of ether oxygens (including phenoxy) is 1. The Bertz CT molecular complexity index is 1000. The number of nitrogens with one attached hydrogen (secondary N) is 3. The summed E-state index contributed by atoms with van der Waals surface area (Å²) in [7, 11) is 0. The van der Waals surface area contributed by atoms with Crippen molar-refractivity contribution >= 4 is 29.4 Å². The molecule has 0 fully saturated rings. The van der Waals surface area contributed by atoms with Crippen molar-refractivity contribution in [2.75, 3.05) is 23.8 Å². The number of anilines is 2. The fourth-order valence-corrected chi connectivity index (χ4v) is 3.57. The lowest BCUT2D eigenvalue weighted by Crippen LogP contribution is -2.48. The van der Waals surface area contributed by atoms with Crippen LogP contribution in [0.25, 0.3) is 0 Å². The molecule has 2 aromatic carbocycles. The number of nitrogens with zero attached hydrogens (tertiary/aromatic N) is 1. The molecular weight excluding hydrogens is 408 g/mol. The van der Waals surface area contributed by atoms with Crippen LogP contribution in [0.5, 0.6) is 0 Å². The lowest BCUT2D eigenvalue weighted by Gasteiger charge is -2.35. The van der Waals surface area contributed by atoms with E-state index >= 15 is 0 Å². The van der Waals surface area contributed by atoms with Gasteiger partial charge in [-0.05, 0) is 50.1 Å². The lowest BCUT2D eigenvalue weighted by atomic mass is 9.94. The van der Waals surface area contributed by atoms with Gasteiger partial charge in [0.2, 0.25) is 0 Å². The summed E-state index contributed by atoms with van der Waals surface area (Å²) in [6, 6.07) is 14.9. The smallest absolute Gasteiger partial charge is 0.338 e. The third-order valence-electron chi connectivity index (χ3n) is 5.07. The summed E-state index contributed by atoms with van der Waals surface area (Å²) in [5, 5.41) is 8.43. The number of rotatable bonds is 7. The number of hydrogen-bond acceptors (Lipinski definition) is 4. The van der Waals surface area contributed by atoms with Gasteiger partial charge in [0.15, 0.2) is 0 Å². The van der Waals surface area contributed by atoms with E-state index in [9.17, 15) is 14.4 Å². The van der Waals surface area contributed by atoms with Gasteiger partial charge in [0.1, 0.15) is 0 Å². The lowest BCUT2D eigenvalue weighted by molar-refractivity contribution is -0.139. The van der Waals surface area contributed by atoms with Crippen LogP contribution in [0.4, 0.5) is 21.0 Å². The normalized spacial score (nSPS) is 15.8. The van der Waals surface area contributed by atoms with Gasteiger partial charge >= 0.3 is 18.0 Å². The highest BCUT2D eigenvalue weighted by atomic mass is 16.5. The van der Waals surface area contributed by atoms with Crippen molar-refractivity contribution in [3.63, 3.8) is 0 Å². The second-order valence-corrected chi connectivity index (χ2v) is 7.32. The van der Waals surface area contributed by atoms with Crippen LogP contribution in [0.2, 0.25) is 0 Å². The van der Waals surface area contributed by atoms with E-state index in [1.54, 1.807) is 55.1 Å². The molecule has 0 aliphatic carbocycles. The van der Waals surface area contributed by atoms with Crippen molar-refractivity contribution in [3.05, 3.63) is 71.4 Å². The van der Waals surface area contributed by atoms with Gasteiger partial charge in [0.25, 0.3) is 0 Å². The van der Waals surface area contributed by atoms with E-state index in [4.69, 9.17) is 4.74 Å². The Hall–Kier alpha value is -3.81. The molecule has 3 rings (SSSR count). The monoisotopic (exact) mass is 436 g/mol. The number of esters is 1. The highest BCUT2D eigenvalue weighted by Crippen LogP contribution is 2.32. The molecule has 1 atom stereocenters. The van der Waals surface area contributed by atoms with E-state index in [-0.39, 0.29) is 18.7 Å². The van der Waals surface area contributed by atoms with Gasteiger partial charge in [-0.15, -0.1) is 0 Å². The maximum Gasteiger partial charge on any atom is 0.338 e. The van der Waals surface area contributed by atoms with Gasteiger partial charge < -0.3 is 20.7 Å². The fourth-order valence-electron chi connectivity index (χ4n) is 3.57. The molecule has 0 spiro atoms. The first-order chi connectivity index (χ1) is 15.4. The molecule has 1 unspecified atom stereocenters. The minimum atomic E-state index is -0.637. The van der Waals surface area contributed by atoms with Gasteiger partial charge in [0, 0.05) is 23.6 Å². The average molecular weight is 437 g/mol. The molecule has 2 aromatic rings. The van der Waals surface area contributed by atoms with Crippen molar-refractivity contribution in [1.82, 2.24) is 10.2 Å². The van der Waals surface area contributed by atoms with Crippen LogP contribution in [-0.2, 0) is 9.53 Å². The molecule has 8 nitrogen and oxygen atoms in total. The number of amides is 4. The van der Waals surface area contributed by atoms with Crippen LogP contribution < -0.4 is 16.0 Å². The molecule has 4 amide bonds. The molecule has 0 saturated carbocycles. The van der Waals surface area contributed by atoms with Gasteiger partial charge in [-0.3, -0.25) is 4.90 Å². The maximum absolute atomic E-state index is 12.7. The van der Waals surface area contributed by atoms with Gasteiger partial charge in [-0.2, -0.15) is 0 Å². The van der Waals surface area contributed by atoms with Crippen molar-refractivity contribution < 1.29 is 19.1 Å². The number of urea groups is 2. The highest BCUT2D eigenvalue weighted by Gasteiger charge is 2.36. The van der Waals surface area contributed by atoms with E-state index in [0.29, 0.717) is 34.8 Å². The van der Waals surface area contributed by atoms with Crippen LogP contribution in [0, 0.1) is 0 Å². The Kier molecular flexibility index (Phi) is 7.49. The quantitative estimate of drug-likeness (QED) is 0.550. The third kappa shape index (κ3) is 5.26. The van der Waals surface area contributed by atoms with E-state index in [2.05, 4.69) is 16.0 Å². The van der Waals surface area contributed by atoms with Gasteiger partial charge in [-0.1, -0.05) is 37.3 Å². The number of carbonyl (C=O) groups excluding carboxylic acids is 3. The first kappa shape index (κ1) is 22.9. The molecule has 1 heterocycles. The molecule has 0 radical (unpaired) electrons. The third-order valence-corrected chi connectivity index (χ3v) is 5.07. The summed E-state index contributed by atoms with van der Waals surface area (Å²) in [6.45, 7) is 6.22. The standard InChI is InChI=1S/C24H28N4O4/c1-4-15-28-16(3)20(22(29)32-5-2)21(27-24(28)31)17-11-13-19(14-12-17)26-23(30)25-18-9-7-6-8-10-18/h6-14,21H,4-5,15H2,1-3H3,(H,27,31)(H2,25,26,30). The second kappa shape index (κ2) is 10.5. The largest absolute Gasteiger partial charge is 0.463 e. The molecule has 168 valence electrons. The molecule has 0 saturated heterocycles. The first-order valence-corrected chi connectivity index (χ1v) is 10.6. The summed E-state index contributed by atoms with van der Waals surface area (Å²) < 4.78 is 5.26. The number of para-hydroxylation sites is 1.